The molecule has 0 aliphatic rings. The van der Waals surface area contributed by atoms with E-state index >= 15 is 0 Å². The van der Waals surface area contributed by atoms with Gasteiger partial charge in [-0.25, -0.2) is 0 Å². The lowest BCUT2D eigenvalue weighted by Gasteiger charge is -2.14. The van der Waals surface area contributed by atoms with E-state index in [0.717, 1.165) is 16.7 Å². The van der Waals surface area contributed by atoms with Gasteiger partial charge in [0, 0.05) is 16.2 Å². The van der Waals surface area contributed by atoms with Gasteiger partial charge in [-0.1, -0.05) is 23.4 Å². The van der Waals surface area contributed by atoms with Crippen LogP contribution in [0.3, 0.4) is 0 Å². The van der Waals surface area contributed by atoms with Crippen molar-refractivity contribution in [1.82, 2.24) is 0 Å². The standard InChI is InChI=1S/C16H11F6NOS/c17-15(18,19)11-6-10(7-12(8-11)16(20,21)22)14(23-24)9-25-13-4-2-1-3-5-13/h1-8,24H,9H2/b23-14+. The summed E-state index contributed by atoms with van der Waals surface area (Å²) in [6.07, 6.45) is -9.91. The average Bonchev–Trinajstić information content (AvgIpc) is 2.54. The lowest BCUT2D eigenvalue weighted by atomic mass is 10.0. The van der Waals surface area contributed by atoms with Crippen LogP contribution in [0.15, 0.2) is 58.6 Å². The second-order valence-electron chi connectivity index (χ2n) is 4.94. The molecule has 0 saturated carbocycles. The lowest BCUT2D eigenvalue weighted by Crippen LogP contribution is -2.14. The molecule has 0 radical (unpaired) electrons. The summed E-state index contributed by atoms with van der Waals surface area (Å²) in [5, 5.41) is 11.9. The monoisotopic (exact) mass is 379 g/mol. The van der Waals surface area contributed by atoms with Gasteiger partial charge in [0.15, 0.2) is 0 Å². The molecule has 0 aliphatic heterocycles. The maximum absolute atomic E-state index is 12.9. The fourth-order valence-corrected chi connectivity index (χ4v) is 2.84. The zero-order valence-electron chi connectivity index (χ0n) is 12.4. The predicted molar refractivity (Wildman–Crippen MR) is 81.9 cm³/mol. The Morgan fingerprint density at radius 2 is 1.40 bits per heavy atom. The molecule has 0 atom stereocenters. The van der Waals surface area contributed by atoms with Gasteiger partial charge in [0.25, 0.3) is 0 Å². The predicted octanol–water partition coefficient (Wildman–Crippen LogP) is 5.69. The third-order valence-electron chi connectivity index (χ3n) is 3.16. The molecule has 0 bridgehead atoms. The Bertz CT molecular complexity index is 723. The summed E-state index contributed by atoms with van der Waals surface area (Å²) in [6.45, 7) is 0. The van der Waals surface area contributed by atoms with E-state index in [0.29, 0.717) is 12.1 Å². The first-order valence-electron chi connectivity index (χ1n) is 6.80. The number of hydrogen-bond donors (Lipinski definition) is 1. The van der Waals surface area contributed by atoms with Crippen LogP contribution in [0.2, 0.25) is 0 Å². The average molecular weight is 379 g/mol. The van der Waals surface area contributed by atoms with E-state index in [9.17, 15) is 26.3 Å². The number of oxime groups is 1. The first-order valence-corrected chi connectivity index (χ1v) is 7.78. The summed E-state index contributed by atoms with van der Waals surface area (Å²) < 4.78 is 77.3. The second-order valence-corrected chi connectivity index (χ2v) is 5.99. The molecular weight excluding hydrogens is 368 g/mol. The molecule has 0 amide bonds. The Hall–Kier alpha value is -2.16. The number of hydrogen-bond acceptors (Lipinski definition) is 3. The van der Waals surface area contributed by atoms with E-state index in [4.69, 9.17) is 5.21 Å². The molecule has 0 aromatic heterocycles. The van der Waals surface area contributed by atoms with E-state index in [1.54, 1.807) is 30.3 Å². The quantitative estimate of drug-likeness (QED) is 0.243. The first kappa shape index (κ1) is 19.2. The highest BCUT2D eigenvalue weighted by Gasteiger charge is 2.37. The van der Waals surface area contributed by atoms with Crippen LogP contribution in [0.4, 0.5) is 26.3 Å². The third kappa shape index (κ3) is 5.15. The molecule has 0 aliphatic carbocycles. The summed E-state index contributed by atoms with van der Waals surface area (Å²) in [5.74, 6) is -0.0981. The lowest BCUT2D eigenvalue weighted by molar-refractivity contribution is -0.143. The van der Waals surface area contributed by atoms with Crippen molar-refractivity contribution in [3.63, 3.8) is 0 Å². The fourth-order valence-electron chi connectivity index (χ4n) is 1.96. The van der Waals surface area contributed by atoms with E-state index in [-0.39, 0.29) is 17.5 Å². The van der Waals surface area contributed by atoms with Gasteiger partial charge in [0.2, 0.25) is 0 Å². The van der Waals surface area contributed by atoms with Crippen molar-refractivity contribution in [2.45, 2.75) is 17.2 Å². The molecule has 0 fully saturated rings. The maximum Gasteiger partial charge on any atom is 0.416 e. The summed E-state index contributed by atoms with van der Waals surface area (Å²) in [4.78, 5) is 0.728. The number of halogens is 6. The van der Waals surface area contributed by atoms with Crippen LogP contribution in [0, 0.1) is 0 Å². The number of alkyl halides is 6. The Balaban J connectivity index is 2.37. The van der Waals surface area contributed by atoms with Gasteiger partial charge < -0.3 is 5.21 Å². The van der Waals surface area contributed by atoms with Gasteiger partial charge in [0.1, 0.15) is 0 Å². The minimum atomic E-state index is -4.96. The topological polar surface area (TPSA) is 32.6 Å². The minimum absolute atomic E-state index is 0.0306. The zero-order valence-corrected chi connectivity index (χ0v) is 13.2. The number of nitrogens with zero attached hydrogens (tertiary/aromatic N) is 1. The molecule has 0 unspecified atom stereocenters. The van der Waals surface area contributed by atoms with Crippen molar-refractivity contribution < 1.29 is 31.5 Å². The van der Waals surface area contributed by atoms with Crippen molar-refractivity contribution in [2.24, 2.45) is 5.16 Å². The van der Waals surface area contributed by atoms with Crippen molar-refractivity contribution >= 4 is 17.5 Å². The van der Waals surface area contributed by atoms with Crippen molar-refractivity contribution in [1.29, 1.82) is 0 Å². The maximum atomic E-state index is 12.9. The van der Waals surface area contributed by atoms with Crippen LogP contribution in [-0.4, -0.2) is 16.7 Å². The smallest absolute Gasteiger partial charge is 0.411 e. The fraction of sp³-hybridized carbons (Fsp3) is 0.188. The van der Waals surface area contributed by atoms with E-state index < -0.39 is 29.0 Å². The Labute approximate surface area is 143 Å². The Morgan fingerprint density at radius 1 is 0.880 bits per heavy atom. The highest BCUT2D eigenvalue weighted by Crippen LogP contribution is 2.36. The van der Waals surface area contributed by atoms with Crippen LogP contribution < -0.4 is 0 Å². The Kier molecular flexibility index (Phi) is 5.66. The molecule has 25 heavy (non-hydrogen) atoms. The molecule has 2 aromatic carbocycles. The van der Waals surface area contributed by atoms with Gasteiger partial charge in [-0.05, 0) is 30.3 Å². The van der Waals surface area contributed by atoms with E-state index in [1.807, 2.05) is 0 Å². The van der Waals surface area contributed by atoms with Gasteiger partial charge in [-0.15, -0.1) is 11.8 Å². The van der Waals surface area contributed by atoms with Crippen LogP contribution >= 0.6 is 11.8 Å². The molecule has 2 rings (SSSR count). The molecule has 134 valence electrons. The van der Waals surface area contributed by atoms with E-state index in [1.165, 1.54) is 0 Å². The highest BCUT2D eigenvalue weighted by molar-refractivity contribution is 8.00. The molecule has 9 heteroatoms. The van der Waals surface area contributed by atoms with Gasteiger partial charge >= 0.3 is 12.4 Å². The molecule has 0 saturated heterocycles. The third-order valence-corrected chi connectivity index (χ3v) is 4.18. The van der Waals surface area contributed by atoms with Crippen molar-refractivity contribution in [3.8, 4) is 0 Å². The molecule has 2 aromatic rings. The highest BCUT2D eigenvalue weighted by atomic mass is 32.2. The normalized spacial score (nSPS) is 13.1. The number of benzene rings is 2. The van der Waals surface area contributed by atoms with Crippen LogP contribution in [-0.2, 0) is 12.4 Å². The number of thioether (sulfide) groups is 1. The summed E-state index contributed by atoms with van der Waals surface area (Å²) >= 11 is 1.12. The van der Waals surface area contributed by atoms with E-state index in [2.05, 4.69) is 5.16 Å². The zero-order chi connectivity index (χ0) is 18.7. The molecule has 0 spiro atoms. The minimum Gasteiger partial charge on any atom is -0.411 e. The Morgan fingerprint density at radius 3 is 1.84 bits per heavy atom. The van der Waals surface area contributed by atoms with Gasteiger partial charge in [-0.3, -0.25) is 0 Å². The molecule has 1 N–H and O–H groups in total. The second kappa shape index (κ2) is 7.38. The molecule has 0 heterocycles. The summed E-state index contributed by atoms with van der Waals surface area (Å²) in [5.41, 5.74) is -3.63. The van der Waals surface area contributed by atoms with Gasteiger partial charge in [-0.2, -0.15) is 26.3 Å². The van der Waals surface area contributed by atoms with Crippen LogP contribution in [0.25, 0.3) is 0 Å². The molecule has 2 nitrogen and oxygen atoms in total. The number of rotatable bonds is 4. The van der Waals surface area contributed by atoms with Crippen LogP contribution in [0.1, 0.15) is 16.7 Å². The first-order chi connectivity index (χ1) is 11.6. The summed E-state index contributed by atoms with van der Waals surface area (Å²) in [7, 11) is 0. The van der Waals surface area contributed by atoms with Crippen molar-refractivity contribution in [3.05, 3.63) is 65.2 Å². The summed E-state index contributed by atoms with van der Waals surface area (Å²) in [6, 6.07) is 9.75. The SMILES string of the molecule is O/N=C(\CSc1ccccc1)c1cc(C(F)(F)F)cc(C(F)(F)F)c1. The van der Waals surface area contributed by atoms with Crippen LogP contribution in [0.5, 0.6) is 0 Å². The van der Waals surface area contributed by atoms with Gasteiger partial charge in [0.05, 0.1) is 16.8 Å². The van der Waals surface area contributed by atoms with Crippen molar-refractivity contribution in [2.75, 3.05) is 5.75 Å². The largest absolute Gasteiger partial charge is 0.416 e. The molecular formula is C16H11F6NOS.